The first-order valence-electron chi connectivity index (χ1n) is 3.59. The number of rotatable bonds is 5. The summed E-state index contributed by atoms with van der Waals surface area (Å²) in [6, 6.07) is 0. The summed E-state index contributed by atoms with van der Waals surface area (Å²) >= 11 is 0. The second-order valence-electron chi connectivity index (χ2n) is 2.68. The Morgan fingerprint density at radius 2 is 2.22 bits per heavy atom. The van der Waals surface area contributed by atoms with Gasteiger partial charge < -0.3 is 5.32 Å². The van der Waals surface area contributed by atoms with Crippen LogP contribution in [-0.2, 0) is 0 Å². The van der Waals surface area contributed by atoms with Crippen molar-refractivity contribution in [2.24, 2.45) is 5.92 Å². The minimum Gasteiger partial charge on any atom is -0.313 e. The fraction of sp³-hybridized carbons (Fsp3) is 0.750. The molecule has 1 heteroatoms. The van der Waals surface area contributed by atoms with Gasteiger partial charge in [-0.25, -0.2) is 0 Å². The highest BCUT2D eigenvalue weighted by atomic mass is 14.8. The molecular formula is C8H17N. The molecule has 0 bridgehead atoms. The van der Waals surface area contributed by atoms with Gasteiger partial charge in [-0.15, -0.1) is 6.58 Å². The molecule has 0 amide bonds. The monoisotopic (exact) mass is 127 g/mol. The van der Waals surface area contributed by atoms with Crippen molar-refractivity contribution in [2.75, 3.05) is 13.1 Å². The summed E-state index contributed by atoms with van der Waals surface area (Å²) in [5.41, 5.74) is 0. The predicted molar refractivity (Wildman–Crippen MR) is 42.5 cm³/mol. The van der Waals surface area contributed by atoms with E-state index >= 15 is 0 Å². The molecule has 0 aromatic heterocycles. The topological polar surface area (TPSA) is 12.0 Å². The standard InChI is InChI=1S/C8H17N/c1-4-6-9-7-5-8(2)3/h4,8-9H,1,5-7H2,2-3H3. The zero-order valence-electron chi connectivity index (χ0n) is 6.48. The number of hydrogen-bond acceptors (Lipinski definition) is 1. The normalized spacial score (nSPS) is 10.1. The molecule has 0 aliphatic heterocycles. The molecule has 0 aliphatic carbocycles. The van der Waals surface area contributed by atoms with Crippen LogP contribution in [0.4, 0.5) is 0 Å². The molecule has 0 saturated carbocycles. The molecule has 0 atom stereocenters. The smallest absolute Gasteiger partial charge is 0.0132 e. The van der Waals surface area contributed by atoms with Crippen LogP contribution in [0, 0.1) is 5.92 Å². The summed E-state index contributed by atoms with van der Waals surface area (Å²) in [4.78, 5) is 0. The SMILES string of the molecule is C=CCNCCC(C)C. The van der Waals surface area contributed by atoms with Crippen molar-refractivity contribution in [3.8, 4) is 0 Å². The molecular weight excluding hydrogens is 110 g/mol. The van der Waals surface area contributed by atoms with E-state index in [0.717, 1.165) is 19.0 Å². The Labute approximate surface area is 58.2 Å². The maximum absolute atomic E-state index is 3.61. The van der Waals surface area contributed by atoms with Gasteiger partial charge in [-0.2, -0.15) is 0 Å². The maximum atomic E-state index is 3.61. The van der Waals surface area contributed by atoms with Gasteiger partial charge in [0.25, 0.3) is 0 Å². The van der Waals surface area contributed by atoms with E-state index in [9.17, 15) is 0 Å². The first-order valence-corrected chi connectivity index (χ1v) is 3.59. The summed E-state index contributed by atoms with van der Waals surface area (Å²) in [5, 5.41) is 3.25. The molecule has 0 aromatic carbocycles. The molecule has 0 unspecified atom stereocenters. The second kappa shape index (κ2) is 5.83. The minimum absolute atomic E-state index is 0.808. The van der Waals surface area contributed by atoms with Crippen LogP contribution in [0.2, 0.25) is 0 Å². The van der Waals surface area contributed by atoms with Crippen LogP contribution < -0.4 is 5.32 Å². The van der Waals surface area contributed by atoms with Gasteiger partial charge in [-0.05, 0) is 18.9 Å². The third-order valence-electron chi connectivity index (χ3n) is 1.19. The van der Waals surface area contributed by atoms with Crippen molar-refractivity contribution < 1.29 is 0 Å². The van der Waals surface area contributed by atoms with E-state index < -0.39 is 0 Å². The third-order valence-corrected chi connectivity index (χ3v) is 1.19. The van der Waals surface area contributed by atoms with Crippen LogP contribution in [0.1, 0.15) is 20.3 Å². The van der Waals surface area contributed by atoms with Crippen molar-refractivity contribution >= 4 is 0 Å². The fourth-order valence-electron chi connectivity index (χ4n) is 0.595. The van der Waals surface area contributed by atoms with Gasteiger partial charge in [0, 0.05) is 6.54 Å². The zero-order valence-corrected chi connectivity index (χ0v) is 6.48. The predicted octanol–water partition coefficient (Wildman–Crippen LogP) is 1.81. The Kier molecular flexibility index (Phi) is 5.64. The number of nitrogens with one attached hydrogen (secondary N) is 1. The lowest BCUT2D eigenvalue weighted by Crippen LogP contribution is -2.16. The van der Waals surface area contributed by atoms with Crippen molar-refractivity contribution in [2.45, 2.75) is 20.3 Å². The Hall–Kier alpha value is -0.300. The average molecular weight is 127 g/mol. The van der Waals surface area contributed by atoms with E-state index in [0.29, 0.717) is 0 Å². The minimum atomic E-state index is 0.808. The van der Waals surface area contributed by atoms with Gasteiger partial charge in [0.15, 0.2) is 0 Å². The molecule has 0 fully saturated rings. The summed E-state index contributed by atoms with van der Waals surface area (Å²) in [6.07, 6.45) is 3.15. The van der Waals surface area contributed by atoms with Gasteiger partial charge in [0.1, 0.15) is 0 Å². The Bertz CT molecular complexity index is 67.0. The molecule has 9 heavy (non-hydrogen) atoms. The van der Waals surface area contributed by atoms with Crippen LogP contribution in [0.5, 0.6) is 0 Å². The third kappa shape index (κ3) is 7.70. The van der Waals surface area contributed by atoms with Crippen LogP contribution in [-0.4, -0.2) is 13.1 Å². The van der Waals surface area contributed by atoms with Gasteiger partial charge in [0.05, 0.1) is 0 Å². The van der Waals surface area contributed by atoms with Crippen molar-refractivity contribution in [1.29, 1.82) is 0 Å². The lowest BCUT2D eigenvalue weighted by atomic mass is 10.1. The lowest BCUT2D eigenvalue weighted by molar-refractivity contribution is 0.552. The summed E-state index contributed by atoms with van der Waals surface area (Å²) in [5.74, 6) is 0.808. The Morgan fingerprint density at radius 1 is 1.56 bits per heavy atom. The zero-order chi connectivity index (χ0) is 7.11. The van der Waals surface area contributed by atoms with Crippen molar-refractivity contribution in [1.82, 2.24) is 5.32 Å². The Balaban J connectivity index is 2.82. The largest absolute Gasteiger partial charge is 0.313 e. The van der Waals surface area contributed by atoms with E-state index in [4.69, 9.17) is 0 Å². The van der Waals surface area contributed by atoms with Crippen molar-refractivity contribution in [3.05, 3.63) is 12.7 Å². The van der Waals surface area contributed by atoms with Crippen LogP contribution in [0.15, 0.2) is 12.7 Å². The van der Waals surface area contributed by atoms with E-state index in [2.05, 4.69) is 25.7 Å². The molecule has 1 N–H and O–H groups in total. The average Bonchev–Trinajstić information content (AvgIpc) is 1.80. The van der Waals surface area contributed by atoms with E-state index in [1.54, 1.807) is 0 Å². The fourth-order valence-corrected chi connectivity index (χ4v) is 0.595. The molecule has 0 aliphatic rings. The molecule has 1 nitrogen and oxygen atoms in total. The highest BCUT2D eigenvalue weighted by molar-refractivity contribution is 4.69. The van der Waals surface area contributed by atoms with E-state index in [1.165, 1.54) is 6.42 Å². The van der Waals surface area contributed by atoms with E-state index in [1.807, 2.05) is 6.08 Å². The summed E-state index contributed by atoms with van der Waals surface area (Å²) in [6.45, 7) is 10.1. The van der Waals surface area contributed by atoms with Crippen LogP contribution >= 0.6 is 0 Å². The van der Waals surface area contributed by atoms with Gasteiger partial charge in [0.2, 0.25) is 0 Å². The van der Waals surface area contributed by atoms with Gasteiger partial charge in [-0.3, -0.25) is 0 Å². The molecule has 0 spiro atoms. The molecule has 54 valence electrons. The first-order chi connectivity index (χ1) is 4.27. The molecule has 0 aromatic rings. The molecule has 0 rings (SSSR count). The first kappa shape index (κ1) is 8.70. The lowest BCUT2D eigenvalue weighted by Gasteiger charge is -2.03. The summed E-state index contributed by atoms with van der Waals surface area (Å²) in [7, 11) is 0. The van der Waals surface area contributed by atoms with Crippen molar-refractivity contribution in [3.63, 3.8) is 0 Å². The molecule has 0 heterocycles. The summed E-state index contributed by atoms with van der Waals surface area (Å²) < 4.78 is 0. The molecule has 0 saturated heterocycles. The maximum Gasteiger partial charge on any atom is 0.0132 e. The van der Waals surface area contributed by atoms with Crippen LogP contribution in [0.3, 0.4) is 0 Å². The Morgan fingerprint density at radius 3 is 2.67 bits per heavy atom. The highest BCUT2D eigenvalue weighted by Crippen LogP contribution is 1.95. The quantitative estimate of drug-likeness (QED) is 0.438. The highest BCUT2D eigenvalue weighted by Gasteiger charge is 1.90. The van der Waals surface area contributed by atoms with Gasteiger partial charge in [-0.1, -0.05) is 19.9 Å². The van der Waals surface area contributed by atoms with Gasteiger partial charge >= 0.3 is 0 Å². The number of hydrogen-bond donors (Lipinski definition) is 1. The molecule has 0 radical (unpaired) electrons. The van der Waals surface area contributed by atoms with Crippen LogP contribution in [0.25, 0.3) is 0 Å². The van der Waals surface area contributed by atoms with E-state index in [-0.39, 0.29) is 0 Å². The second-order valence-corrected chi connectivity index (χ2v) is 2.68.